The maximum atomic E-state index is 11.9. The summed E-state index contributed by atoms with van der Waals surface area (Å²) in [7, 11) is 0. The molecule has 0 aliphatic carbocycles. The first-order valence-corrected chi connectivity index (χ1v) is 9.14. The zero-order valence-electron chi connectivity index (χ0n) is 11.9. The molecule has 132 valence electrons. The van der Waals surface area contributed by atoms with E-state index < -0.39 is 55.5 Å². The smallest absolute Gasteiger partial charge is 0.328 e. The third-order valence-corrected chi connectivity index (χ3v) is 4.40. The largest absolute Gasteiger partial charge is 0.390 e. The maximum absolute atomic E-state index is 11.9. The maximum Gasteiger partial charge on any atom is 0.328 e. The van der Waals surface area contributed by atoms with E-state index in [2.05, 4.69) is 16.3 Å². The highest BCUT2D eigenvalue weighted by molar-refractivity contribution is 8.06. The summed E-state index contributed by atoms with van der Waals surface area (Å²) in [6, 6.07) is -0.998. The van der Waals surface area contributed by atoms with Crippen LogP contribution in [0.4, 0.5) is 4.79 Å². The SMILES string of the molecule is CC1(O)C(=O)NC(=O)N([C@H]2C[C@H](O)[C@@H](COP(O)(O)=S)O2)C1O. The highest BCUT2D eigenvalue weighted by Crippen LogP contribution is 2.38. The fraction of sp³-hybridized carbons (Fsp3) is 0.800. The molecule has 2 rings (SSSR count). The quantitative estimate of drug-likeness (QED) is 0.286. The number of amides is 3. The predicted molar refractivity (Wildman–Crippen MR) is 76.0 cm³/mol. The molecule has 0 spiro atoms. The normalized spacial score (nSPS) is 38.8. The summed E-state index contributed by atoms with van der Waals surface area (Å²) in [6.45, 7) is -3.36. The summed E-state index contributed by atoms with van der Waals surface area (Å²) in [5.74, 6) is -1.06. The lowest BCUT2D eigenvalue weighted by Gasteiger charge is -2.42. The highest BCUT2D eigenvalue weighted by Gasteiger charge is 2.53. The Morgan fingerprint density at radius 2 is 2.09 bits per heavy atom. The van der Waals surface area contributed by atoms with Crippen molar-refractivity contribution in [3.8, 4) is 0 Å². The van der Waals surface area contributed by atoms with Crippen LogP contribution in [-0.4, -0.2) is 78.8 Å². The Morgan fingerprint density at radius 1 is 1.48 bits per heavy atom. The molecule has 2 aliphatic heterocycles. The van der Waals surface area contributed by atoms with Crippen molar-refractivity contribution in [1.29, 1.82) is 0 Å². The molecule has 2 unspecified atom stereocenters. The minimum atomic E-state index is -3.93. The molecule has 13 heteroatoms. The number of hydrogen-bond donors (Lipinski definition) is 6. The Kier molecular flexibility index (Phi) is 5.12. The Morgan fingerprint density at radius 3 is 2.65 bits per heavy atom. The van der Waals surface area contributed by atoms with E-state index in [0.29, 0.717) is 4.90 Å². The van der Waals surface area contributed by atoms with Gasteiger partial charge in [-0.25, -0.2) is 4.79 Å². The Hall–Kier alpha value is -0.690. The second-order valence-corrected chi connectivity index (χ2v) is 8.07. The molecule has 0 bridgehead atoms. The Bertz CT molecular complexity index is 552. The van der Waals surface area contributed by atoms with Gasteiger partial charge in [0.25, 0.3) is 5.91 Å². The van der Waals surface area contributed by atoms with Crippen LogP contribution in [0.2, 0.25) is 0 Å². The van der Waals surface area contributed by atoms with Crippen molar-refractivity contribution in [3.63, 3.8) is 0 Å². The van der Waals surface area contributed by atoms with Gasteiger partial charge in [-0.2, -0.15) is 0 Å². The lowest BCUT2D eigenvalue weighted by Crippen LogP contribution is -2.70. The standard InChI is InChI=1S/C10H17N2O9PS/c1-10(17)7(14)11-9(16)12(8(10)15)6-2-4(13)5(21-6)3-20-22(18,19)23/h4-6,8,13,15,17H,2-3H2,1H3,(H,11,14,16)(H2,18,19,23)/t4-,5+,6+,8?,10?/m0/s1. The van der Waals surface area contributed by atoms with Crippen LogP contribution in [0, 0.1) is 0 Å². The number of nitrogens with zero attached hydrogens (tertiary/aromatic N) is 1. The molecule has 6 N–H and O–H groups in total. The zero-order valence-corrected chi connectivity index (χ0v) is 13.6. The summed E-state index contributed by atoms with van der Waals surface area (Å²) in [5, 5.41) is 31.7. The number of carbonyl (C=O) groups excluding carboxylic acids is 2. The van der Waals surface area contributed by atoms with Crippen LogP contribution in [-0.2, 0) is 25.9 Å². The molecule has 3 amide bonds. The minimum Gasteiger partial charge on any atom is -0.390 e. The zero-order chi connectivity index (χ0) is 17.6. The van der Waals surface area contributed by atoms with Gasteiger partial charge in [-0.15, -0.1) is 0 Å². The van der Waals surface area contributed by atoms with E-state index in [4.69, 9.17) is 14.5 Å². The summed E-state index contributed by atoms with van der Waals surface area (Å²) >= 11 is 4.27. The van der Waals surface area contributed by atoms with E-state index in [9.17, 15) is 24.9 Å². The van der Waals surface area contributed by atoms with Gasteiger partial charge >= 0.3 is 12.7 Å². The van der Waals surface area contributed by atoms with Crippen LogP contribution >= 0.6 is 6.72 Å². The number of hydrogen-bond acceptors (Lipinski definition) is 8. The molecular weight excluding hydrogens is 355 g/mol. The van der Waals surface area contributed by atoms with Gasteiger partial charge < -0.3 is 34.4 Å². The number of aliphatic hydroxyl groups excluding tert-OH is 2. The van der Waals surface area contributed by atoms with Crippen LogP contribution in [0.15, 0.2) is 0 Å². The molecule has 2 heterocycles. The van der Waals surface area contributed by atoms with Gasteiger partial charge in [0, 0.05) is 6.42 Å². The number of rotatable bonds is 4. The number of aliphatic hydroxyl groups is 3. The minimum absolute atomic E-state index is 0.150. The fourth-order valence-corrected chi connectivity index (χ4v) is 2.81. The van der Waals surface area contributed by atoms with Crippen molar-refractivity contribution in [2.45, 2.75) is 43.6 Å². The number of ether oxygens (including phenoxy) is 1. The molecule has 0 aromatic rings. The van der Waals surface area contributed by atoms with Crippen molar-refractivity contribution in [3.05, 3.63) is 0 Å². The van der Waals surface area contributed by atoms with Crippen molar-refractivity contribution < 1.29 is 44.0 Å². The fourth-order valence-electron chi connectivity index (χ4n) is 2.28. The predicted octanol–water partition coefficient (Wildman–Crippen LogP) is -2.69. The Labute approximate surface area is 135 Å². The molecule has 2 saturated heterocycles. The van der Waals surface area contributed by atoms with Gasteiger partial charge in [0.2, 0.25) is 0 Å². The molecule has 0 radical (unpaired) electrons. The number of carbonyl (C=O) groups is 2. The first kappa shape index (κ1) is 18.6. The van der Waals surface area contributed by atoms with Gasteiger partial charge in [-0.05, 0) is 18.7 Å². The van der Waals surface area contributed by atoms with E-state index in [1.54, 1.807) is 0 Å². The monoisotopic (exact) mass is 372 g/mol. The number of urea groups is 1. The van der Waals surface area contributed by atoms with Crippen molar-refractivity contribution in [1.82, 2.24) is 10.2 Å². The third-order valence-electron chi connectivity index (χ3n) is 3.60. The molecule has 5 atom stereocenters. The average molecular weight is 372 g/mol. The first-order chi connectivity index (χ1) is 10.4. The average Bonchev–Trinajstić information content (AvgIpc) is 2.75. The Balaban J connectivity index is 2.09. The number of nitrogens with one attached hydrogen (secondary N) is 1. The van der Waals surface area contributed by atoms with Crippen molar-refractivity contribution in [2.75, 3.05) is 6.61 Å². The van der Waals surface area contributed by atoms with Crippen LogP contribution in [0.3, 0.4) is 0 Å². The van der Waals surface area contributed by atoms with Crippen LogP contribution < -0.4 is 5.32 Å². The second-order valence-electron chi connectivity index (χ2n) is 5.41. The lowest BCUT2D eigenvalue weighted by molar-refractivity contribution is -0.193. The summed E-state index contributed by atoms with van der Waals surface area (Å²) in [5.41, 5.74) is -2.26. The van der Waals surface area contributed by atoms with Gasteiger partial charge in [0.05, 0.1) is 12.7 Å². The van der Waals surface area contributed by atoms with E-state index in [1.165, 1.54) is 0 Å². The molecule has 0 aromatic heterocycles. The van der Waals surface area contributed by atoms with Crippen LogP contribution in [0.5, 0.6) is 0 Å². The van der Waals surface area contributed by atoms with E-state index in [0.717, 1.165) is 6.92 Å². The van der Waals surface area contributed by atoms with Gasteiger partial charge in [0.1, 0.15) is 12.3 Å². The second kappa shape index (κ2) is 6.31. The summed E-state index contributed by atoms with van der Waals surface area (Å²) in [4.78, 5) is 42.0. The van der Waals surface area contributed by atoms with Crippen molar-refractivity contribution >= 4 is 30.5 Å². The molecule has 23 heavy (non-hydrogen) atoms. The molecule has 2 fully saturated rings. The molecule has 2 aliphatic rings. The number of imide groups is 1. The molecule has 0 saturated carbocycles. The first-order valence-electron chi connectivity index (χ1n) is 6.51. The topological polar surface area (TPSA) is 169 Å². The van der Waals surface area contributed by atoms with E-state index in [-0.39, 0.29) is 6.42 Å². The lowest BCUT2D eigenvalue weighted by atomic mass is 10.00. The third kappa shape index (κ3) is 3.87. The van der Waals surface area contributed by atoms with Gasteiger partial charge in [-0.1, -0.05) is 0 Å². The van der Waals surface area contributed by atoms with E-state index in [1.807, 2.05) is 5.32 Å². The molecule has 0 aromatic carbocycles. The summed E-state index contributed by atoms with van der Waals surface area (Å²) < 4.78 is 9.93. The molecule has 11 nitrogen and oxygen atoms in total. The van der Waals surface area contributed by atoms with Crippen LogP contribution in [0.25, 0.3) is 0 Å². The van der Waals surface area contributed by atoms with E-state index >= 15 is 0 Å². The molecular formula is C10H17N2O9PS. The van der Waals surface area contributed by atoms with Gasteiger partial charge in [0.15, 0.2) is 11.8 Å². The van der Waals surface area contributed by atoms with Gasteiger partial charge in [-0.3, -0.25) is 15.0 Å². The van der Waals surface area contributed by atoms with Crippen molar-refractivity contribution in [2.24, 2.45) is 0 Å². The van der Waals surface area contributed by atoms with Crippen LogP contribution in [0.1, 0.15) is 13.3 Å². The summed E-state index contributed by atoms with van der Waals surface area (Å²) in [6.07, 6.45) is -5.39. The highest BCUT2D eigenvalue weighted by atomic mass is 32.5.